The van der Waals surface area contributed by atoms with Crippen LogP contribution in [0.15, 0.2) is 18.2 Å². The maximum absolute atomic E-state index is 12.5. The quantitative estimate of drug-likeness (QED) is 0.899. The van der Waals surface area contributed by atoms with E-state index in [9.17, 15) is 18.0 Å². The Bertz CT molecular complexity index is 486. The van der Waals surface area contributed by atoms with Crippen molar-refractivity contribution < 1.29 is 18.0 Å². The molecule has 1 aromatic rings. The van der Waals surface area contributed by atoms with Gasteiger partial charge in [-0.25, -0.2) is 0 Å². The number of hydrogen-bond donors (Lipinski definition) is 2. The number of benzene rings is 1. The molecule has 3 nitrogen and oxygen atoms in total. The summed E-state index contributed by atoms with van der Waals surface area (Å²) in [6.07, 6.45) is -4.18. The first kappa shape index (κ1) is 14.1. The third-order valence-corrected chi connectivity index (χ3v) is 3.24. The van der Waals surface area contributed by atoms with Gasteiger partial charge in [-0.1, -0.05) is 11.6 Å². The van der Waals surface area contributed by atoms with Crippen molar-refractivity contribution in [3.8, 4) is 0 Å². The van der Waals surface area contributed by atoms with Crippen LogP contribution in [0, 0.1) is 5.92 Å². The molecular formula is C12H12ClF3N2O. The summed E-state index contributed by atoms with van der Waals surface area (Å²) in [5.41, 5.74) is -0.841. The molecule has 0 aliphatic carbocycles. The van der Waals surface area contributed by atoms with Gasteiger partial charge in [0, 0.05) is 6.42 Å². The summed E-state index contributed by atoms with van der Waals surface area (Å²) in [4.78, 5) is 11.7. The fraction of sp³-hybridized carbons (Fsp3) is 0.417. The molecule has 19 heavy (non-hydrogen) atoms. The van der Waals surface area contributed by atoms with Crippen LogP contribution in [-0.2, 0) is 11.0 Å². The summed E-state index contributed by atoms with van der Waals surface area (Å²) in [6, 6.07) is 2.86. The van der Waals surface area contributed by atoms with E-state index in [1.807, 2.05) is 0 Å². The number of carbonyl (C=O) groups excluding carboxylic acids is 1. The van der Waals surface area contributed by atoms with Gasteiger partial charge in [0.1, 0.15) is 0 Å². The zero-order valence-corrected chi connectivity index (χ0v) is 10.6. The van der Waals surface area contributed by atoms with Gasteiger partial charge >= 0.3 is 6.18 Å². The minimum absolute atomic E-state index is 0.00576. The largest absolute Gasteiger partial charge is 0.416 e. The minimum Gasteiger partial charge on any atom is -0.325 e. The van der Waals surface area contributed by atoms with E-state index in [4.69, 9.17) is 11.6 Å². The molecule has 0 atom stereocenters. The lowest BCUT2D eigenvalue weighted by molar-refractivity contribution is -0.137. The summed E-state index contributed by atoms with van der Waals surface area (Å²) >= 11 is 5.78. The van der Waals surface area contributed by atoms with E-state index in [0.717, 1.165) is 31.3 Å². The summed E-state index contributed by atoms with van der Waals surface area (Å²) in [5, 5.41) is 5.53. The number of rotatable bonds is 3. The van der Waals surface area contributed by atoms with Crippen LogP contribution in [0.5, 0.6) is 0 Å². The number of alkyl halides is 3. The molecule has 7 heteroatoms. The first-order chi connectivity index (χ1) is 8.86. The van der Waals surface area contributed by atoms with Crippen molar-refractivity contribution in [3.63, 3.8) is 0 Å². The van der Waals surface area contributed by atoms with Crippen molar-refractivity contribution in [2.45, 2.75) is 12.6 Å². The predicted molar refractivity (Wildman–Crippen MR) is 66.1 cm³/mol. The summed E-state index contributed by atoms with van der Waals surface area (Å²) < 4.78 is 37.6. The van der Waals surface area contributed by atoms with Crippen molar-refractivity contribution in [3.05, 3.63) is 28.8 Å². The van der Waals surface area contributed by atoms with Crippen LogP contribution in [0.1, 0.15) is 12.0 Å². The first-order valence-electron chi connectivity index (χ1n) is 5.73. The van der Waals surface area contributed by atoms with Crippen molar-refractivity contribution in [1.29, 1.82) is 0 Å². The molecule has 1 heterocycles. The molecule has 1 aromatic carbocycles. The highest BCUT2D eigenvalue weighted by Crippen LogP contribution is 2.33. The number of hydrogen-bond acceptors (Lipinski definition) is 2. The van der Waals surface area contributed by atoms with E-state index < -0.39 is 11.7 Å². The van der Waals surface area contributed by atoms with Crippen LogP contribution < -0.4 is 10.6 Å². The molecule has 1 fully saturated rings. The Balaban J connectivity index is 2.07. The molecular weight excluding hydrogens is 281 g/mol. The highest BCUT2D eigenvalue weighted by molar-refractivity contribution is 6.33. The summed E-state index contributed by atoms with van der Waals surface area (Å²) in [7, 11) is 0. The van der Waals surface area contributed by atoms with Crippen LogP contribution in [0.4, 0.5) is 18.9 Å². The Morgan fingerprint density at radius 3 is 2.63 bits per heavy atom. The smallest absolute Gasteiger partial charge is 0.325 e. The van der Waals surface area contributed by atoms with E-state index in [0.29, 0.717) is 0 Å². The lowest BCUT2D eigenvalue weighted by atomic mass is 9.99. The van der Waals surface area contributed by atoms with Crippen LogP contribution in [0.2, 0.25) is 5.02 Å². The molecule has 1 amide bonds. The molecule has 0 radical (unpaired) electrons. The van der Waals surface area contributed by atoms with E-state index in [2.05, 4.69) is 10.6 Å². The van der Waals surface area contributed by atoms with E-state index in [-0.39, 0.29) is 29.0 Å². The van der Waals surface area contributed by atoms with Gasteiger partial charge in [0.15, 0.2) is 0 Å². The Hall–Kier alpha value is -1.27. The number of nitrogens with one attached hydrogen (secondary N) is 2. The standard InChI is InChI=1S/C12H12ClF3N2O/c13-9-2-1-8(12(14,15)16)4-10(9)18-11(19)3-7-5-17-6-7/h1-2,4,7,17H,3,5-6H2,(H,18,19). The molecule has 2 rings (SSSR count). The van der Waals surface area contributed by atoms with Gasteiger partial charge in [0.25, 0.3) is 0 Å². The average Bonchev–Trinajstić information content (AvgIpc) is 2.25. The minimum atomic E-state index is -4.46. The van der Waals surface area contributed by atoms with Gasteiger partial charge in [0.05, 0.1) is 16.3 Å². The van der Waals surface area contributed by atoms with E-state index in [1.54, 1.807) is 0 Å². The van der Waals surface area contributed by atoms with Crippen LogP contribution in [0.25, 0.3) is 0 Å². The maximum Gasteiger partial charge on any atom is 0.416 e. The Labute approximate surface area is 113 Å². The Kier molecular flexibility index (Phi) is 4.01. The van der Waals surface area contributed by atoms with Gasteiger partial charge < -0.3 is 10.6 Å². The molecule has 0 spiro atoms. The molecule has 0 aromatic heterocycles. The molecule has 0 saturated carbocycles. The summed E-state index contributed by atoms with van der Waals surface area (Å²) in [5.74, 6) is -0.0858. The number of carbonyl (C=O) groups is 1. The maximum atomic E-state index is 12.5. The summed E-state index contributed by atoms with van der Waals surface area (Å²) in [6.45, 7) is 1.51. The second-order valence-electron chi connectivity index (χ2n) is 4.47. The third kappa shape index (κ3) is 3.61. The lowest BCUT2D eigenvalue weighted by Crippen LogP contribution is -2.43. The van der Waals surface area contributed by atoms with Crippen LogP contribution >= 0.6 is 11.6 Å². The van der Waals surface area contributed by atoms with E-state index >= 15 is 0 Å². The molecule has 0 unspecified atom stereocenters. The molecule has 1 aliphatic rings. The Morgan fingerprint density at radius 1 is 1.42 bits per heavy atom. The molecule has 1 aliphatic heterocycles. The fourth-order valence-electron chi connectivity index (χ4n) is 1.75. The lowest BCUT2D eigenvalue weighted by Gasteiger charge is -2.26. The molecule has 1 saturated heterocycles. The third-order valence-electron chi connectivity index (χ3n) is 2.91. The van der Waals surface area contributed by atoms with E-state index in [1.165, 1.54) is 0 Å². The van der Waals surface area contributed by atoms with Gasteiger partial charge in [-0.15, -0.1) is 0 Å². The predicted octanol–water partition coefficient (Wildman–Crippen LogP) is 2.91. The molecule has 0 bridgehead atoms. The number of halogens is 4. The number of anilines is 1. The van der Waals surface area contributed by atoms with Gasteiger partial charge in [-0.3, -0.25) is 4.79 Å². The topological polar surface area (TPSA) is 41.1 Å². The van der Waals surface area contributed by atoms with Gasteiger partial charge in [-0.05, 0) is 37.2 Å². The molecule has 2 N–H and O–H groups in total. The normalized spacial score (nSPS) is 16.0. The average molecular weight is 293 g/mol. The SMILES string of the molecule is O=C(CC1CNC1)Nc1cc(C(F)(F)F)ccc1Cl. The zero-order valence-electron chi connectivity index (χ0n) is 9.85. The monoisotopic (exact) mass is 292 g/mol. The fourth-order valence-corrected chi connectivity index (χ4v) is 1.92. The zero-order chi connectivity index (χ0) is 14.0. The highest BCUT2D eigenvalue weighted by Gasteiger charge is 2.31. The van der Waals surface area contributed by atoms with Crippen molar-refractivity contribution in [1.82, 2.24) is 5.32 Å². The first-order valence-corrected chi connectivity index (χ1v) is 6.11. The van der Waals surface area contributed by atoms with Gasteiger partial charge in [-0.2, -0.15) is 13.2 Å². The number of amides is 1. The Morgan fingerprint density at radius 2 is 2.11 bits per heavy atom. The van der Waals surface area contributed by atoms with Crippen molar-refractivity contribution >= 4 is 23.2 Å². The van der Waals surface area contributed by atoms with Crippen molar-refractivity contribution in [2.24, 2.45) is 5.92 Å². The van der Waals surface area contributed by atoms with Gasteiger partial charge in [0.2, 0.25) is 5.91 Å². The second kappa shape index (κ2) is 5.38. The highest BCUT2D eigenvalue weighted by atomic mass is 35.5. The van der Waals surface area contributed by atoms with Crippen LogP contribution in [-0.4, -0.2) is 19.0 Å². The van der Waals surface area contributed by atoms with Crippen LogP contribution in [0.3, 0.4) is 0 Å². The van der Waals surface area contributed by atoms with Crippen molar-refractivity contribution in [2.75, 3.05) is 18.4 Å². The second-order valence-corrected chi connectivity index (χ2v) is 4.88. The molecule has 104 valence electrons.